The van der Waals surface area contributed by atoms with Gasteiger partial charge in [-0.3, -0.25) is 14.4 Å². The fourth-order valence-electron chi connectivity index (χ4n) is 6.08. The maximum absolute atomic E-state index is 13.8. The van der Waals surface area contributed by atoms with Gasteiger partial charge in [-0.1, -0.05) is 12.1 Å². The number of imidazole rings is 1. The molecule has 0 atom stereocenters. The number of rotatable bonds is 16. The molecule has 0 spiro atoms. The number of carbonyl (C=O) groups is 3. The summed E-state index contributed by atoms with van der Waals surface area (Å²) in [5, 5.41) is 6.19. The van der Waals surface area contributed by atoms with Crippen LogP contribution in [0.2, 0.25) is 0 Å². The van der Waals surface area contributed by atoms with Crippen molar-refractivity contribution in [2.45, 2.75) is 32.6 Å². The van der Waals surface area contributed by atoms with Gasteiger partial charge in [0.1, 0.15) is 17.0 Å². The van der Waals surface area contributed by atoms with Crippen LogP contribution in [0.3, 0.4) is 0 Å². The number of hydrogen-bond acceptors (Lipinski definition) is 9. The van der Waals surface area contributed by atoms with E-state index in [9.17, 15) is 14.4 Å². The van der Waals surface area contributed by atoms with E-state index < -0.39 is 0 Å². The number of likely N-dealkylation sites (N-methyl/N-ethyl adjacent to an activating group) is 2. The van der Waals surface area contributed by atoms with E-state index in [4.69, 9.17) is 9.47 Å². The Bertz CT molecular complexity index is 1850. The van der Waals surface area contributed by atoms with Crippen molar-refractivity contribution in [3.63, 3.8) is 0 Å². The van der Waals surface area contributed by atoms with Crippen LogP contribution in [0.25, 0.3) is 11.0 Å². The normalized spacial score (nSPS) is 13.3. The zero-order chi connectivity index (χ0) is 37.2. The Morgan fingerprint density at radius 2 is 1.73 bits per heavy atom. The lowest BCUT2D eigenvalue weighted by atomic mass is 10.1. The molecule has 3 amide bonds. The molecule has 278 valence electrons. The van der Waals surface area contributed by atoms with Crippen LogP contribution in [-0.4, -0.2) is 124 Å². The lowest BCUT2D eigenvalue weighted by Gasteiger charge is -2.32. The Morgan fingerprint density at radius 3 is 2.48 bits per heavy atom. The quantitative estimate of drug-likeness (QED) is 0.136. The number of ether oxygens (including phenoxy) is 2. The highest BCUT2D eigenvalue weighted by atomic mass is 16.5. The average molecular weight is 713 g/mol. The van der Waals surface area contributed by atoms with Crippen molar-refractivity contribution >= 4 is 46.1 Å². The first-order chi connectivity index (χ1) is 25.0. The largest absolute Gasteiger partial charge is 0.495 e. The first-order valence-corrected chi connectivity index (χ1v) is 17.9. The standard InChI is InChI=1S/C39H52N8O5/c1-27-14-17-32(34(25-27)52-24-9-7-8-13-35(48)47-22-20-45(4)21-23-47)46(5)38(50)28-15-16-30(33(26-28)51-6)41-37(49)29-11-10-12-31-36(29)43-39(42-31)40-18-19-44(2)3/h10-12,14-17,25-26H,7-9,13,18-24H2,1-6H3,(H,41,49)(H2,40,42,43). The number of hydrogen-bond donors (Lipinski definition) is 3. The number of aromatic amines is 1. The molecule has 1 aliphatic heterocycles. The van der Waals surface area contributed by atoms with Crippen LogP contribution in [0.5, 0.6) is 11.5 Å². The van der Waals surface area contributed by atoms with Crippen molar-refractivity contribution < 1.29 is 23.9 Å². The van der Waals surface area contributed by atoms with E-state index in [0.717, 1.165) is 63.1 Å². The Balaban J connectivity index is 1.19. The summed E-state index contributed by atoms with van der Waals surface area (Å²) in [5.41, 5.74) is 4.16. The molecule has 5 rings (SSSR count). The van der Waals surface area contributed by atoms with Gasteiger partial charge in [-0.15, -0.1) is 0 Å². The molecule has 0 saturated carbocycles. The van der Waals surface area contributed by atoms with E-state index in [2.05, 4.69) is 37.4 Å². The van der Waals surface area contributed by atoms with Crippen molar-refractivity contribution in [3.05, 3.63) is 71.3 Å². The number of benzene rings is 3. The Hall–Kier alpha value is -5.14. The SMILES string of the molecule is COc1cc(C(=O)N(C)c2ccc(C)cc2OCCCCCC(=O)N2CCN(C)CC2)ccc1NC(=O)c1cccc2[nH]c(NCCN(C)C)nc12. The number of fused-ring (bicyclic) bond motifs is 1. The number of carbonyl (C=O) groups excluding carboxylic acids is 3. The Morgan fingerprint density at radius 1 is 0.942 bits per heavy atom. The molecule has 0 unspecified atom stereocenters. The molecule has 0 aliphatic carbocycles. The lowest BCUT2D eigenvalue weighted by molar-refractivity contribution is -0.132. The highest BCUT2D eigenvalue weighted by molar-refractivity contribution is 6.13. The van der Waals surface area contributed by atoms with Gasteiger partial charge in [-0.25, -0.2) is 4.98 Å². The maximum atomic E-state index is 13.8. The van der Waals surface area contributed by atoms with Crippen molar-refractivity contribution in [1.29, 1.82) is 0 Å². The molecule has 1 fully saturated rings. The Kier molecular flexibility index (Phi) is 13.1. The van der Waals surface area contributed by atoms with Gasteiger partial charge in [0.15, 0.2) is 0 Å². The average Bonchev–Trinajstić information content (AvgIpc) is 3.55. The van der Waals surface area contributed by atoms with Gasteiger partial charge >= 0.3 is 0 Å². The van der Waals surface area contributed by atoms with E-state index in [0.29, 0.717) is 65.0 Å². The van der Waals surface area contributed by atoms with Crippen LogP contribution >= 0.6 is 0 Å². The number of nitrogens with one attached hydrogen (secondary N) is 3. The predicted octanol–water partition coefficient (Wildman–Crippen LogP) is 5.10. The van der Waals surface area contributed by atoms with Gasteiger partial charge in [0, 0.05) is 58.3 Å². The molecule has 3 N–H and O–H groups in total. The third-order valence-corrected chi connectivity index (χ3v) is 9.24. The van der Waals surface area contributed by atoms with E-state index in [-0.39, 0.29) is 17.7 Å². The molecule has 1 aliphatic rings. The van der Waals surface area contributed by atoms with Crippen LogP contribution in [0.4, 0.5) is 17.3 Å². The highest BCUT2D eigenvalue weighted by Gasteiger charge is 2.22. The third-order valence-electron chi connectivity index (χ3n) is 9.24. The predicted molar refractivity (Wildman–Crippen MR) is 206 cm³/mol. The topological polar surface area (TPSA) is 135 Å². The fourth-order valence-corrected chi connectivity index (χ4v) is 6.08. The first-order valence-electron chi connectivity index (χ1n) is 17.9. The number of anilines is 3. The van der Waals surface area contributed by atoms with Crippen LogP contribution < -0.4 is 25.0 Å². The monoisotopic (exact) mass is 712 g/mol. The van der Waals surface area contributed by atoms with Crippen LogP contribution in [0, 0.1) is 6.92 Å². The molecule has 4 aromatic rings. The second-order valence-electron chi connectivity index (χ2n) is 13.6. The molecular formula is C39H52N8O5. The van der Waals surface area contributed by atoms with Gasteiger partial charge < -0.3 is 44.7 Å². The van der Waals surface area contributed by atoms with Gasteiger partial charge in [0.05, 0.1) is 36.2 Å². The van der Waals surface area contributed by atoms with E-state index in [1.807, 2.05) is 50.2 Å². The minimum Gasteiger partial charge on any atom is -0.495 e. The van der Waals surface area contributed by atoms with Crippen LogP contribution in [0.1, 0.15) is 52.0 Å². The van der Waals surface area contributed by atoms with Crippen LogP contribution in [0.15, 0.2) is 54.6 Å². The molecule has 0 bridgehead atoms. The number of methoxy groups -OCH3 is 1. The molecule has 13 heteroatoms. The van der Waals surface area contributed by atoms with Gasteiger partial charge in [-0.2, -0.15) is 0 Å². The van der Waals surface area contributed by atoms with Crippen molar-refractivity contribution in [3.8, 4) is 11.5 Å². The van der Waals surface area contributed by atoms with E-state index >= 15 is 0 Å². The third kappa shape index (κ3) is 9.80. The molecule has 13 nitrogen and oxygen atoms in total. The van der Waals surface area contributed by atoms with Gasteiger partial charge in [0.2, 0.25) is 11.9 Å². The second kappa shape index (κ2) is 17.9. The molecule has 3 aromatic carbocycles. The number of amides is 3. The molecule has 0 radical (unpaired) electrons. The summed E-state index contributed by atoms with van der Waals surface area (Å²) < 4.78 is 11.8. The van der Waals surface area contributed by atoms with Crippen molar-refractivity contribution in [2.24, 2.45) is 0 Å². The van der Waals surface area contributed by atoms with Gasteiger partial charge in [0.25, 0.3) is 11.8 Å². The van der Waals surface area contributed by atoms with Gasteiger partial charge in [-0.05, 0) is 95.4 Å². The summed E-state index contributed by atoms with van der Waals surface area (Å²) in [6.07, 6.45) is 3.05. The maximum Gasteiger partial charge on any atom is 0.258 e. The van der Waals surface area contributed by atoms with Crippen molar-refractivity contribution in [1.82, 2.24) is 24.7 Å². The fraction of sp³-hybridized carbons (Fsp3) is 0.436. The van der Waals surface area contributed by atoms with Crippen molar-refractivity contribution in [2.75, 3.05) is 96.7 Å². The zero-order valence-electron chi connectivity index (χ0n) is 31.3. The number of H-pyrrole nitrogens is 1. The summed E-state index contributed by atoms with van der Waals surface area (Å²) in [4.78, 5) is 55.5. The second-order valence-corrected chi connectivity index (χ2v) is 13.6. The summed E-state index contributed by atoms with van der Waals surface area (Å²) in [6.45, 7) is 7.44. The first kappa shape index (κ1) is 38.1. The number of aryl methyl sites for hydroxylation is 1. The molecule has 2 heterocycles. The Labute approximate surface area is 306 Å². The molecule has 1 aromatic heterocycles. The highest BCUT2D eigenvalue weighted by Crippen LogP contribution is 2.32. The molecule has 52 heavy (non-hydrogen) atoms. The summed E-state index contributed by atoms with van der Waals surface area (Å²) >= 11 is 0. The number of unbranched alkanes of at least 4 members (excludes halogenated alkanes) is 2. The molecular weight excluding hydrogens is 660 g/mol. The minimum absolute atomic E-state index is 0.228. The molecule has 1 saturated heterocycles. The summed E-state index contributed by atoms with van der Waals surface area (Å²) in [5.74, 6) is 1.17. The van der Waals surface area contributed by atoms with E-state index in [1.165, 1.54) is 7.11 Å². The minimum atomic E-state index is -0.352. The summed E-state index contributed by atoms with van der Waals surface area (Å²) in [7, 11) is 9.29. The summed E-state index contributed by atoms with van der Waals surface area (Å²) in [6, 6.07) is 16.1. The van der Waals surface area contributed by atoms with E-state index in [1.54, 1.807) is 42.3 Å². The number of nitrogens with zero attached hydrogens (tertiary/aromatic N) is 5. The number of aromatic nitrogens is 2. The van der Waals surface area contributed by atoms with Crippen LogP contribution in [-0.2, 0) is 4.79 Å². The smallest absolute Gasteiger partial charge is 0.258 e. The lowest BCUT2D eigenvalue weighted by Crippen LogP contribution is -2.47. The number of para-hydroxylation sites is 1. The number of piperazine rings is 1. The zero-order valence-corrected chi connectivity index (χ0v) is 31.3.